The molecule has 5 heteroatoms. The van der Waals surface area contributed by atoms with Gasteiger partial charge in [-0.05, 0) is 6.07 Å². The van der Waals surface area contributed by atoms with E-state index in [1.807, 2.05) is 54.6 Å². The first-order valence-electron chi connectivity index (χ1n) is 6.83. The minimum Gasteiger partial charge on any atom is -0.334 e. The molecule has 0 saturated carbocycles. The van der Waals surface area contributed by atoms with Gasteiger partial charge in [-0.1, -0.05) is 53.7 Å². The zero-order chi connectivity index (χ0) is 14.9. The molecule has 1 aromatic heterocycles. The second-order valence-electron chi connectivity index (χ2n) is 4.88. The van der Waals surface area contributed by atoms with Crippen molar-refractivity contribution in [1.82, 2.24) is 10.1 Å². The lowest BCUT2D eigenvalue weighted by atomic mass is 10.1. The van der Waals surface area contributed by atoms with Crippen molar-refractivity contribution >= 4 is 23.2 Å². The monoisotopic (exact) mass is 289 g/mol. The summed E-state index contributed by atoms with van der Waals surface area (Å²) in [6.07, 6.45) is 1.61. The predicted molar refractivity (Wildman–Crippen MR) is 82.7 cm³/mol. The van der Waals surface area contributed by atoms with E-state index in [1.165, 1.54) is 0 Å². The highest BCUT2D eigenvalue weighted by Crippen LogP contribution is 2.32. The Balaban J connectivity index is 1.72. The van der Waals surface area contributed by atoms with E-state index in [0.717, 1.165) is 16.8 Å². The van der Waals surface area contributed by atoms with Gasteiger partial charge in [0.1, 0.15) is 0 Å². The van der Waals surface area contributed by atoms with Gasteiger partial charge in [-0.25, -0.2) is 0 Å². The summed E-state index contributed by atoms with van der Waals surface area (Å²) < 4.78 is 5.23. The molecular weight excluding hydrogens is 278 g/mol. The molecule has 0 fully saturated rings. The number of amides is 1. The van der Waals surface area contributed by atoms with Gasteiger partial charge in [-0.15, -0.1) is 0 Å². The molecule has 22 heavy (non-hydrogen) atoms. The van der Waals surface area contributed by atoms with E-state index in [4.69, 9.17) is 4.52 Å². The van der Waals surface area contributed by atoms with Crippen LogP contribution in [0.15, 0.2) is 59.1 Å². The van der Waals surface area contributed by atoms with E-state index in [1.54, 1.807) is 6.08 Å². The van der Waals surface area contributed by atoms with Gasteiger partial charge >= 0.3 is 0 Å². The van der Waals surface area contributed by atoms with Gasteiger partial charge in [0.05, 0.1) is 5.57 Å². The first kappa shape index (κ1) is 12.5. The standard InChI is InChI=1S/C17H11N3O2/c21-17-13(12-8-4-5-9-14(12)18-17)10-15-19-16(20-22-15)11-6-2-1-3-7-11/h1-10H,(H,18,21). The second kappa shape index (κ2) is 4.96. The lowest BCUT2D eigenvalue weighted by Gasteiger charge is -1.94. The average Bonchev–Trinajstić information content (AvgIpc) is 3.14. The van der Waals surface area contributed by atoms with E-state index < -0.39 is 0 Å². The molecule has 0 bridgehead atoms. The van der Waals surface area contributed by atoms with Crippen LogP contribution in [0.2, 0.25) is 0 Å². The quantitative estimate of drug-likeness (QED) is 0.735. The number of rotatable bonds is 2. The van der Waals surface area contributed by atoms with Crippen molar-refractivity contribution in [3.8, 4) is 11.4 Å². The number of benzene rings is 2. The minimum atomic E-state index is -0.166. The number of carbonyl (C=O) groups excluding carboxylic acids is 1. The fourth-order valence-electron chi connectivity index (χ4n) is 2.40. The average molecular weight is 289 g/mol. The molecule has 0 saturated heterocycles. The summed E-state index contributed by atoms with van der Waals surface area (Å²) >= 11 is 0. The molecule has 0 unspecified atom stereocenters. The molecule has 0 aliphatic carbocycles. The van der Waals surface area contributed by atoms with Crippen LogP contribution >= 0.6 is 0 Å². The van der Waals surface area contributed by atoms with Crippen molar-refractivity contribution in [3.05, 3.63) is 66.1 Å². The molecule has 4 rings (SSSR count). The third-order valence-corrected chi connectivity index (χ3v) is 3.45. The number of hydrogen-bond donors (Lipinski definition) is 1. The van der Waals surface area contributed by atoms with Crippen molar-refractivity contribution in [2.45, 2.75) is 0 Å². The molecule has 106 valence electrons. The largest absolute Gasteiger partial charge is 0.334 e. The van der Waals surface area contributed by atoms with Crippen LogP contribution in [0.3, 0.4) is 0 Å². The second-order valence-corrected chi connectivity index (χ2v) is 4.88. The van der Waals surface area contributed by atoms with Gasteiger partial charge in [0.2, 0.25) is 5.82 Å². The Hall–Kier alpha value is -3.21. The van der Waals surface area contributed by atoms with Crippen LogP contribution in [0.5, 0.6) is 0 Å². The normalized spacial score (nSPS) is 14.9. The van der Waals surface area contributed by atoms with Crippen LogP contribution in [0.25, 0.3) is 23.0 Å². The lowest BCUT2D eigenvalue weighted by Crippen LogP contribution is -2.03. The van der Waals surface area contributed by atoms with Crippen molar-refractivity contribution in [2.24, 2.45) is 0 Å². The highest BCUT2D eigenvalue weighted by Gasteiger charge is 2.24. The molecule has 0 radical (unpaired) electrons. The van der Waals surface area contributed by atoms with Crippen LogP contribution in [0.4, 0.5) is 5.69 Å². The third-order valence-electron chi connectivity index (χ3n) is 3.45. The van der Waals surface area contributed by atoms with Crippen LogP contribution in [-0.2, 0) is 4.79 Å². The Morgan fingerprint density at radius 1 is 1.00 bits per heavy atom. The predicted octanol–water partition coefficient (Wildman–Crippen LogP) is 3.23. The Morgan fingerprint density at radius 3 is 2.64 bits per heavy atom. The molecule has 0 spiro atoms. The zero-order valence-electron chi connectivity index (χ0n) is 11.5. The Kier molecular flexibility index (Phi) is 2.83. The van der Waals surface area contributed by atoms with E-state index >= 15 is 0 Å². The molecule has 2 aromatic carbocycles. The highest BCUT2D eigenvalue weighted by molar-refractivity contribution is 6.34. The molecular formula is C17H11N3O2. The van der Waals surface area contributed by atoms with Crippen molar-refractivity contribution in [1.29, 1.82) is 0 Å². The number of anilines is 1. The molecule has 0 atom stereocenters. The number of nitrogens with one attached hydrogen (secondary N) is 1. The maximum atomic E-state index is 12.0. The number of fused-ring (bicyclic) bond motifs is 1. The zero-order valence-corrected chi connectivity index (χ0v) is 11.5. The van der Waals surface area contributed by atoms with Crippen LogP contribution in [0.1, 0.15) is 11.5 Å². The van der Waals surface area contributed by atoms with E-state index in [9.17, 15) is 4.79 Å². The number of aromatic nitrogens is 2. The van der Waals surface area contributed by atoms with Crippen LogP contribution in [0, 0.1) is 0 Å². The third kappa shape index (κ3) is 2.09. The SMILES string of the molecule is O=C1Nc2ccccc2C1=Cc1nc(-c2ccccc2)no1. The van der Waals surface area contributed by atoms with Crippen molar-refractivity contribution in [3.63, 3.8) is 0 Å². The summed E-state index contributed by atoms with van der Waals surface area (Å²) in [5, 5.41) is 6.76. The molecule has 1 aliphatic rings. The maximum absolute atomic E-state index is 12.0. The summed E-state index contributed by atoms with van der Waals surface area (Å²) in [5.41, 5.74) is 3.03. The number of nitrogens with zero attached hydrogens (tertiary/aromatic N) is 2. The Labute approximate surface area is 126 Å². The fourth-order valence-corrected chi connectivity index (χ4v) is 2.40. The van der Waals surface area contributed by atoms with Gasteiger partial charge in [-0.2, -0.15) is 4.98 Å². The van der Waals surface area contributed by atoms with Gasteiger partial charge in [-0.3, -0.25) is 4.79 Å². The molecule has 3 aromatic rings. The molecule has 1 aliphatic heterocycles. The molecule has 1 N–H and O–H groups in total. The molecule has 2 heterocycles. The summed E-state index contributed by atoms with van der Waals surface area (Å²) in [4.78, 5) is 16.4. The number of para-hydroxylation sites is 1. The number of carbonyl (C=O) groups is 1. The lowest BCUT2D eigenvalue weighted by molar-refractivity contribution is -0.110. The molecule has 5 nitrogen and oxygen atoms in total. The van der Waals surface area contributed by atoms with Gasteiger partial charge < -0.3 is 9.84 Å². The van der Waals surface area contributed by atoms with Gasteiger partial charge in [0.25, 0.3) is 11.8 Å². The van der Waals surface area contributed by atoms with Crippen LogP contribution in [-0.4, -0.2) is 16.0 Å². The topological polar surface area (TPSA) is 68.0 Å². The molecule has 1 amide bonds. The Bertz CT molecular complexity index is 882. The number of hydrogen-bond acceptors (Lipinski definition) is 4. The first-order chi connectivity index (χ1) is 10.8. The van der Waals surface area contributed by atoms with Gasteiger partial charge in [0, 0.05) is 22.9 Å². The van der Waals surface area contributed by atoms with Crippen LogP contribution < -0.4 is 5.32 Å². The summed E-state index contributed by atoms with van der Waals surface area (Å²) in [7, 11) is 0. The van der Waals surface area contributed by atoms with Crippen molar-refractivity contribution < 1.29 is 9.32 Å². The smallest absolute Gasteiger partial charge is 0.256 e. The van der Waals surface area contributed by atoms with E-state index in [0.29, 0.717) is 17.3 Å². The minimum absolute atomic E-state index is 0.166. The van der Waals surface area contributed by atoms with Crippen molar-refractivity contribution in [2.75, 3.05) is 5.32 Å². The summed E-state index contributed by atoms with van der Waals surface area (Å²) in [6, 6.07) is 17.0. The summed E-state index contributed by atoms with van der Waals surface area (Å²) in [5.74, 6) is 0.639. The van der Waals surface area contributed by atoms with Gasteiger partial charge in [0.15, 0.2) is 0 Å². The Morgan fingerprint density at radius 2 is 1.77 bits per heavy atom. The van der Waals surface area contributed by atoms with E-state index in [-0.39, 0.29) is 5.91 Å². The van der Waals surface area contributed by atoms with E-state index in [2.05, 4.69) is 15.5 Å². The highest BCUT2D eigenvalue weighted by atomic mass is 16.5. The first-order valence-corrected chi connectivity index (χ1v) is 6.83. The summed E-state index contributed by atoms with van der Waals surface area (Å²) in [6.45, 7) is 0. The maximum Gasteiger partial charge on any atom is 0.256 e. The fraction of sp³-hybridized carbons (Fsp3) is 0.